The highest BCUT2D eigenvalue weighted by atomic mass is 79.9. The Morgan fingerprint density at radius 1 is 1.52 bits per heavy atom. The lowest BCUT2D eigenvalue weighted by molar-refractivity contribution is 0.0781. The summed E-state index contributed by atoms with van der Waals surface area (Å²) in [6, 6.07) is 5.45. The van der Waals surface area contributed by atoms with Gasteiger partial charge in [0.1, 0.15) is 11.5 Å². The number of anilines is 1. The van der Waals surface area contributed by atoms with Crippen molar-refractivity contribution in [3.05, 3.63) is 43.6 Å². The summed E-state index contributed by atoms with van der Waals surface area (Å²) in [6.07, 6.45) is 0. The Hall–Kier alpha value is -1.11. The van der Waals surface area contributed by atoms with Gasteiger partial charge in [0.05, 0.1) is 11.6 Å². The topological polar surface area (TPSA) is 45.2 Å². The van der Waals surface area contributed by atoms with Crippen LogP contribution in [0.3, 0.4) is 0 Å². The van der Waals surface area contributed by atoms with Crippen LogP contribution in [-0.4, -0.2) is 29.4 Å². The molecule has 0 aliphatic carbocycles. The molecule has 4 nitrogen and oxygen atoms in total. The Morgan fingerprint density at radius 2 is 2.29 bits per heavy atom. The lowest BCUT2D eigenvalue weighted by Crippen LogP contribution is -2.27. The van der Waals surface area contributed by atoms with Gasteiger partial charge in [-0.05, 0) is 41.1 Å². The fourth-order valence-corrected chi connectivity index (χ4v) is 3.48. The minimum atomic E-state index is -0.190. The molecule has 1 amide bonds. The first-order chi connectivity index (χ1) is 10.0. The van der Waals surface area contributed by atoms with Crippen LogP contribution >= 0.6 is 38.9 Å². The second-order valence-corrected chi connectivity index (χ2v) is 6.77. The van der Waals surface area contributed by atoms with Gasteiger partial charge in [0.15, 0.2) is 0 Å². The molecule has 0 aliphatic heterocycles. The number of carbonyl (C=O) groups is 1. The summed E-state index contributed by atoms with van der Waals surface area (Å²) in [5.41, 5.74) is 0.272. The average molecular weight is 389 g/mol. The van der Waals surface area contributed by atoms with Crippen molar-refractivity contribution in [2.75, 3.05) is 18.9 Å². The minimum absolute atomic E-state index is 0.190. The maximum Gasteiger partial charge on any atom is 0.274 e. The van der Waals surface area contributed by atoms with Crippen molar-refractivity contribution < 1.29 is 4.79 Å². The smallest absolute Gasteiger partial charge is 0.274 e. The van der Waals surface area contributed by atoms with Crippen LogP contribution in [-0.2, 0) is 6.54 Å². The quantitative estimate of drug-likeness (QED) is 0.832. The largest absolute Gasteiger partial charge is 0.370 e. The number of thiophene rings is 1. The predicted molar refractivity (Wildman–Crippen MR) is 91.2 cm³/mol. The highest BCUT2D eigenvalue weighted by Crippen LogP contribution is 2.23. The molecule has 0 atom stereocenters. The first-order valence-corrected chi connectivity index (χ1v) is 8.45. The van der Waals surface area contributed by atoms with Crippen molar-refractivity contribution in [2.24, 2.45) is 0 Å². The molecule has 2 aromatic heterocycles. The van der Waals surface area contributed by atoms with Gasteiger partial charge >= 0.3 is 0 Å². The molecule has 0 spiro atoms. The van der Waals surface area contributed by atoms with Crippen molar-refractivity contribution in [2.45, 2.75) is 13.5 Å². The predicted octanol–water partition coefficient (Wildman–Crippen LogP) is 4.26. The molecule has 2 heterocycles. The molecule has 0 bridgehead atoms. The van der Waals surface area contributed by atoms with E-state index in [0.717, 1.165) is 15.9 Å². The highest BCUT2D eigenvalue weighted by molar-refractivity contribution is 9.10. The van der Waals surface area contributed by atoms with E-state index in [0.29, 0.717) is 17.4 Å². The van der Waals surface area contributed by atoms with Gasteiger partial charge in [0, 0.05) is 28.3 Å². The van der Waals surface area contributed by atoms with Crippen LogP contribution in [0.2, 0.25) is 5.02 Å². The van der Waals surface area contributed by atoms with Gasteiger partial charge in [-0.15, -0.1) is 11.3 Å². The van der Waals surface area contributed by atoms with Gasteiger partial charge in [-0.3, -0.25) is 4.79 Å². The first kappa shape index (κ1) is 16.3. The third-order valence-corrected chi connectivity index (χ3v) is 4.76. The number of carbonyl (C=O) groups excluding carboxylic acids is 1. The van der Waals surface area contributed by atoms with E-state index in [1.807, 2.05) is 18.4 Å². The molecule has 0 saturated carbocycles. The molecule has 0 unspecified atom stereocenters. The Balaban J connectivity index is 2.16. The van der Waals surface area contributed by atoms with Crippen LogP contribution in [0.5, 0.6) is 0 Å². The first-order valence-electron chi connectivity index (χ1n) is 6.40. The molecular formula is C14H15BrClN3OS. The van der Waals surface area contributed by atoms with Gasteiger partial charge in [-0.1, -0.05) is 11.6 Å². The number of rotatable bonds is 5. The lowest BCUT2D eigenvalue weighted by atomic mass is 10.3. The Kier molecular flexibility index (Phi) is 5.61. The molecule has 1 N–H and O–H groups in total. The van der Waals surface area contributed by atoms with Crippen molar-refractivity contribution in [1.29, 1.82) is 0 Å². The molecule has 7 heteroatoms. The molecule has 2 rings (SSSR count). The zero-order valence-electron chi connectivity index (χ0n) is 11.7. The number of aromatic nitrogens is 1. The number of hydrogen-bond donors (Lipinski definition) is 1. The van der Waals surface area contributed by atoms with E-state index in [1.54, 1.807) is 35.4 Å². The summed E-state index contributed by atoms with van der Waals surface area (Å²) in [5, 5.41) is 5.43. The third-order valence-electron chi connectivity index (χ3n) is 2.77. The molecule has 21 heavy (non-hydrogen) atoms. The summed E-state index contributed by atoms with van der Waals surface area (Å²) in [5.74, 6) is 0.460. The normalized spacial score (nSPS) is 10.5. The molecule has 0 saturated heterocycles. The van der Waals surface area contributed by atoms with Gasteiger partial charge < -0.3 is 10.2 Å². The third kappa shape index (κ3) is 4.18. The Labute approximate surface area is 141 Å². The number of pyridine rings is 1. The summed E-state index contributed by atoms with van der Waals surface area (Å²) < 4.78 is 1.02. The summed E-state index contributed by atoms with van der Waals surface area (Å²) in [4.78, 5) is 19.5. The maximum atomic E-state index is 12.5. The van der Waals surface area contributed by atoms with Crippen LogP contribution in [0.15, 0.2) is 28.1 Å². The van der Waals surface area contributed by atoms with E-state index in [2.05, 4.69) is 26.2 Å². The number of halogens is 2. The van der Waals surface area contributed by atoms with Crippen molar-refractivity contribution in [3.8, 4) is 0 Å². The Morgan fingerprint density at radius 3 is 2.90 bits per heavy atom. The monoisotopic (exact) mass is 387 g/mol. The van der Waals surface area contributed by atoms with E-state index >= 15 is 0 Å². The van der Waals surface area contributed by atoms with E-state index < -0.39 is 0 Å². The van der Waals surface area contributed by atoms with Crippen LogP contribution in [0.4, 0.5) is 5.82 Å². The number of nitrogens with one attached hydrogen (secondary N) is 1. The number of amides is 1. The maximum absolute atomic E-state index is 12.5. The zero-order chi connectivity index (χ0) is 15.4. The minimum Gasteiger partial charge on any atom is -0.370 e. The zero-order valence-corrected chi connectivity index (χ0v) is 14.8. The van der Waals surface area contributed by atoms with Crippen LogP contribution in [0.1, 0.15) is 22.3 Å². The van der Waals surface area contributed by atoms with Crippen LogP contribution in [0, 0.1) is 0 Å². The van der Waals surface area contributed by atoms with E-state index in [9.17, 15) is 4.79 Å². The van der Waals surface area contributed by atoms with E-state index in [4.69, 9.17) is 11.6 Å². The molecule has 0 fully saturated rings. The summed E-state index contributed by atoms with van der Waals surface area (Å²) in [6.45, 7) is 3.23. The van der Waals surface area contributed by atoms with Gasteiger partial charge in [0.25, 0.3) is 5.91 Å². The molecular weight excluding hydrogens is 374 g/mol. The van der Waals surface area contributed by atoms with Gasteiger partial charge in [-0.2, -0.15) is 0 Å². The fourth-order valence-electron chi connectivity index (χ4n) is 1.79. The van der Waals surface area contributed by atoms with Gasteiger partial charge in [-0.25, -0.2) is 4.98 Å². The van der Waals surface area contributed by atoms with Crippen molar-refractivity contribution >= 4 is 50.6 Å². The molecule has 0 aliphatic rings. The second-order valence-electron chi connectivity index (χ2n) is 4.45. The van der Waals surface area contributed by atoms with Crippen molar-refractivity contribution in [1.82, 2.24) is 9.88 Å². The van der Waals surface area contributed by atoms with E-state index in [1.165, 1.54) is 0 Å². The SMILES string of the molecule is CCNc1ccc(Cl)c(C(=O)N(C)Cc2cc(Br)cs2)n1. The van der Waals surface area contributed by atoms with Crippen LogP contribution in [0.25, 0.3) is 0 Å². The molecule has 112 valence electrons. The summed E-state index contributed by atoms with van der Waals surface area (Å²) >= 11 is 11.1. The number of hydrogen-bond acceptors (Lipinski definition) is 4. The van der Waals surface area contributed by atoms with Crippen LogP contribution < -0.4 is 5.32 Å². The highest BCUT2D eigenvalue weighted by Gasteiger charge is 2.18. The van der Waals surface area contributed by atoms with E-state index in [-0.39, 0.29) is 11.6 Å². The average Bonchev–Trinajstić information content (AvgIpc) is 2.85. The lowest BCUT2D eigenvalue weighted by Gasteiger charge is -2.17. The Bertz CT molecular complexity index is 647. The molecule has 0 aromatic carbocycles. The summed E-state index contributed by atoms with van der Waals surface area (Å²) in [7, 11) is 1.74. The second kappa shape index (κ2) is 7.24. The van der Waals surface area contributed by atoms with Gasteiger partial charge in [0.2, 0.25) is 0 Å². The van der Waals surface area contributed by atoms with Crippen molar-refractivity contribution in [3.63, 3.8) is 0 Å². The number of nitrogens with zero attached hydrogens (tertiary/aromatic N) is 2. The molecule has 2 aromatic rings. The standard InChI is InChI=1S/C14H15BrClN3OS/c1-3-17-12-5-4-11(16)13(18-12)14(20)19(2)7-10-6-9(15)8-21-10/h4-6,8H,3,7H2,1-2H3,(H,17,18). The molecule has 0 radical (unpaired) electrons. The fraction of sp³-hybridized carbons (Fsp3) is 0.286.